The van der Waals surface area contributed by atoms with E-state index < -0.39 is 9.92 Å². The molecule has 13 heavy (non-hydrogen) atoms. The first-order valence-corrected chi connectivity index (χ1v) is 5.87. The molecule has 0 aromatic carbocycles. The number of nitrogens with zero attached hydrogens (tertiary/aromatic N) is 1. The average Bonchev–Trinajstić information content (AvgIpc) is 1.95. The van der Waals surface area contributed by atoms with Gasteiger partial charge in [0.25, 0.3) is 0 Å². The van der Waals surface area contributed by atoms with Gasteiger partial charge in [0.1, 0.15) is 9.92 Å². The van der Waals surface area contributed by atoms with Crippen molar-refractivity contribution in [2.24, 2.45) is 0 Å². The predicted molar refractivity (Wildman–Crippen MR) is 54.4 cm³/mol. The van der Waals surface area contributed by atoms with E-state index in [-0.39, 0.29) is 5.15 Å². The fraction of sp³-hybridized carbons (Fsp3) is 0.286. The molecule has 1 aromatic rings. The van der Waals surface area contributed by atoms with Crippen LogP contribution in [0.15, 0.2) is 12.3 Å². The number of hydrogen-bond donors (Lipinski definition) is 2. The summed E-state index contributed by atoms with van der Waals surface area (Å²) in [5, 5.41) is 0.238. The lowest BCUT2D eigenvalue weighted by atomic mass is 10.3. The lowest BCUT2D eigenvalue weighted by molar-refractivity contribution is 0.682. The second kappa shape index (κ2) is 3.51. The van der Waals surface area contributed by atoms with Crippen LogP contribution in [0.4, 0.5) is 5.69 Å². The Morgan fingerprint density at radius 1 is 1.69 bits per heavy atom. The molecule has 0 aliphatic heterocycles. The van der Waals surface area contributed by atoms with Crippen molar-refractivity contribution in [3.8, 4) is 0 Å². The quantitative estimate of drug-likeness (QED) is 0.748. The Bertz CT molecular complexity index is 395. The number of halogens is 1. The highest BCUT2D eigenvalue weighted by atomic mass is 35.5. The van der Waals surface area contributed by atoms with Crippen LogP contribution < -0.4 is 4.72 Å². The van der Waals surface area contributed by atoms with Crippen LogP contribution in [-0.2, 0) is 9.92 Å². The van der Waals surface area contributed by atoms with Crippen LogP contribution in [0.1, 0.15) is 5.56 Å². The van der Waals surface area contributed by atoms with E-state index in [1.807, 2.05) is 0 Å². The smallest absolute Gasteiger partial charge is 0.153 e. The van der Waals surface area contributed by atoms with E-state index in [2.05, 4.69) is 9.71 Å². The molecular formula is C7H10ClN3OS. The fourth-order valence-electron chi connectivity index (χ4n) is 0.842. The minimum absolute atomic E-state index is 0.238. The highest BCUT2D eigenvalue weighted by Crippen LogP contribution is 2.23. The van der Waals surface area contributed by atoms with Crippen molar-refractivity contribution >= 4 is 27.2 Å². The molecule has 1 unspecified atom stereocenters. The Morgan fingerprint density at radius 2 is 2.31 bits per heavy atom. The summed E-state index contributed by atoms with van der Waals surface area (Å²) < 4.78 is 20.8. The van der Waals surface area contributed by atoms with Gasteiger partial charge < -0.3 is 0 Å². The molecule has 1 heterocycles. The van der Waals surface area contributed by atoms with Gasteiger partial charge in [-0.25, -0.2) is 14.0 Å². The molecule has 1 aromatic heterocycles. The maximum absolute atomic E-state index is 11.1. The third-order valence-corrected chi connectivity index (χ3v) is 2.29. The predicted octanol–water partition coefficient (Wildman–Crippen LogP) is 2.05. The number of pyridine rings is 1. The Labute approximate surface area is 82.4 Å². The maximum Gasteiger partial charge on any atom is 0.153 e. The first-order valence-electron chi connectivity index (χ1n) is 3.53. The highest BCUT2D eigenvalue weighted by Gasteiger charge is 2.07. The molecular weight excluding hydrogens is 210 g/mol. The molecule has 0 saturated heterocycles. The lowest BCUT2D eigenvalue weighted by Gasteiger charge is -2.09. The number of aryl methyl sites for hydroxylation is 1. The van der Waals surface area contributed by atoms with E-state index in [4.69, 9.17) is 16.4 Å². The second-order valence-electron chi connectivity index (χ2n) is 2.74. The third-order valence-electron chi connectivity index (χ3n) is 1.41. The molecule has 6 heteroatoms. The Hall–Kier alpha value is -0.810. The summed E-state index contributed by atoms with van der Waals surface area (Å²) in [6.45, 7) is 1.81. The lowest BCUT2D eigenvalue weighted by Crippen LogP contribution is -2.09. The van der Waals surface area contributed by atoms with E-state index in [9.17, 15) is 4.21 Å². The van der Waals surface area contributed by atoms with E-state index in [0.29, 0.717) is 5.69 Å². The van der Waals surface area contributed by atoms with Crippen LogP contribution in [-0.4, -0.2) is 15.4 Å². The summed E-state index contributed by atoms with van der Waals surface area (Å²) in [5.41, 5.74) is 1.29. The largest absolute Gasteiger partial charge is 0.296 e. The molecule has 0 radical (unpaired) electrons. The Morgan fingerprint density at radius 3 is 2.77 bits per heavy atom. The molecule has 0 aliphatic rings. The Balaban J connectivity index is 3.15. The molecule has 0 bridgehead atoms. The maximum atomic E-state index is 11.1. The number of nitrogens with one attached hydrogen (secondary N) is 2. The minimum Gasteiger partial charge on any atom is -0.296 e. The molecule has 0 fully saturated rings. The van der Waals surface area contributed by atoms with E-state index >= 15 is 0 Å². The first kappa shape index (κ1) is 10.3. The average molecular weight is 220 g/mol. The minimum atomic E-state index is -2.80. The monoisotopic (exact) mass is 219 g/mol. The van der Waals surface area contributed by atoms with Crippen LogP contribution in [0.5, 0.6) is 0 Å². The summed E-state index contributed by atoms with van der Waals surface area (Å²) in [5.74, 6) is 0. The summed E-state index contributed by atoms with van der Waals surface area (Å²) in [4.78, 5) is 3.82. The zero-order valence-corrected chi connectivity index (χ0v) is 8.87. The molecule has 0 saturated carbocycles. The summed E-state index contributed by atoms with van der Waals surface area (Å²) >= 11 is 5.75. The number of anilines is 1. The van der Waals surface area contributed by atoms with Crippen LogP contribution in [0.2, 0.25) is 5.15 Å². The zero-order chi connectivity index (χ0) is 10.1. The van der Waals surface area contributed by atoms with Crippen molar-refractivity contribution in [2.75, 3.05) is 11.0 Å². The molecule has 0 aliphatic carbocycles. The standard InChI is InChI=1S/C7H10ClN3OS/c1-5-3-4-10-7(8)6(5)11-13(2,9)12/h3-4H,1-2H3,(H2,9,11,12). The van der Waals surface area contributed by atoms with Gasteiger partial charge in [-0.15, -0.1) is 0 Å². The van der Waals surface area contributed by atoms with Crippen molar-refractivity contribution in [3.63, 3.8) is 0 Å². The van der Waals surface area contributed by atoms with Crippen LogP contribution in [0.3, 0.4) is 0 Å². The zero-order valence-electron chi connectivity index (χ0n) is 7.30. The van der Waals surface area contributed by atoms with Gasteiger partial charge in [0.15, 0.2) is 5.15 Å². The van der Waals surface area contributed by atoms with Gasteiger partial charge in [0, 0.05) is 12.5 Å². The highest BCUT2D eigenvalue weighted by molar-refractivity contribution is 7.93. The molecule has 2 N–H and O–H groups in total. The van der Waals surface area contributed by atoms with Gasteiger partial charge in [-0.1, -0.05) is 11.6 Å². The molecule has 4 nitrogen and oxygen atoms in total. The van der Waals surface area contributed by atoms with Crippen molar-refractivity contribution in [3.05, 3.63) is 23.0 Å². The van der Waals surface area contributed by atoms with Gasteiger partial charge in [0.2, 0.25) is 0 Å². The van der Waals surface area contributed by atoms with Crippen LogP contribution >= 0.6 is 11.6 Å². The number of aromatic nitrogens is 1. The molecule has 0 spiro atoms. The van der Waals surface area contributed by atoms with E-state index in [1.54, 1.807) is 19.2 Å². The summed E-state index contributed by atoms with van der Waals surface area (Å²) in [6, 6.07) is 1.74. The van der Waals surface area contributed by atoms with Gasteiger partial charge in [-0.3, -0.25) is 4.72 Å². The van der Waals surface area contributed by atoms with E-state index in [1.165, 1.54) is 6.26 Å². The number of hydrogen-bond acceptors (Lipinski definition) is 3. The summed E-state index contributed by atoms with van der Waals surface area (Å²) in [7, 11) is -2.80. The van der Waals surface area contributed by atoms with E-state index in [0.717, 1.165) is 5.56 Å². The molecule has 72 valence electrons. The topological polar surface area (TPSA) is 65.8 Å². The molecule has 1 rings (SSSR count). The first-order chi connectivity index (χ1) is 5.90. The van der Waals surface area contributed by atoms with Gasteiger partial charge in [-0.05, 0) is 18.6 Å². The Kier molecular flexibility index (Phi) is 2.77. The SMILES string of the molecule is Cc1ccnc(Cl)c1NS(C)(=N)=O. The fourth-order valence-corrected chi connectivity index (χ4v) is 1.80. The second-order valence-corrected chi connectivity index (χ2v) is 4.99. The normalized spacial score (nSPS) is 15.0. The van der Waals surface area contributed by atoms with Crippen molar-refractivity contribution < 1.29 is 4.21 Å². The van der Waals surface area contributed by atoms with Crippen LogP contribution in [0.25, 0.3) is 0 Å². The number of rotatable bonds is 2. The van der Waals surface area contributed by atoms with Crippen molar-refractivity contribution in [1.29, 1.82) is 4.78 Å². The van der Waals surface area contributed by atoms with Crippen LogP contribution in [0, 0.1) is 11.7 Å². The van der Waals surface area contributed by atoms with Crippen molar-refractivity contribution in [2.45, 2.75) is 6.92 Å². The van der Waals surface area contributed by atoms with Gasteiger partial charge in [-0.2, -0.15) is 0 Å². The molecule has 0 amide bonds. The van der Waals surface area contributed by atoms with Crippen molar-refractivity contribution in [1.82, 2.24) is 4.98 Å². The van der Waals surface area contributed by atoms with Gasteiger partial charge >= 0.3 is 0 Å². The molecule has 1 atom stereocenters. The summed E-state index contributed by atoms with van der Waals surface area (Å²) in [6.07, 6.45) is 2.85. The third kappa shape index (κ3) is 2.86. The van der Waals surface area contributed by atoms with Gasteiger partial charge in [0.05, 0.1) is 5.69 Å².